The number of aliphatic hydroxyl groups excluding tert-OH is 1. The molecule has 4 nitrogen and oxygen atoms in total. The highest BCUT2D eigenvalue weighted by Gasteiger charge is 2.34. The molecule has 1 aliphatic carbocycles. The van der Waals surface area contributed by atoms with E-state index in [1.807, 2.05) is 0 Å². The maximum atomic E-state index is 10.7. The molecule has 1 rings (SSSR count). The maximum Gasteiger partial charge on any atom is 0.354 e. The Bertz CT molecular complexity index is 182. The quantitative estimate of drug-likeness (QED) is 0.574. The first-order chi connectivity index (χ1) is 5.52. The normalized spacial score (nSPS) is 23.9. The third kappa shape index (κ3) is 2.56. The van der Waals surface area contributed by atoms with Gasteiger partial charge in [0.2, 0.25) is 0 Å². The zero-order valence-corrected chi connectivity index (χ0v) is 7.78. The minimum atomic E-state index is -4.27. The molecule has 0 aromatic rings. The molecule has 0 spiro atoms. The zero-order valence-electron chi connectivity index (χ0n) is 6.89. The van der Waals surface area contributed by atoms with E-state index in [4.69, 9.17) is 9.79 Å². The van der Waals surface area contributed by atoms with Crippen LogP contribution in [0.5, 0.6) is 0 Å². The van der Waals surface area contributed by atoms with Gasteiger partial charge in [-0.3, -0.25) is 4.57 Å². The van der Waals surface area contributed by atoms with Crippen LogP contribution >= 0.6 is 7.60 Å². The summed E-state index contributed by atoms with van der Waals surface area (Å²) in [6.07, 6.45) is 4.55. The molecule has 3 N–H and O–H groups in total. The highest BCUT2D eigenvalue weighted by Crippen LogP contribution is 2.46. The lowest BCUT2D eigenvalue weighted by Crippen LogP contribution is -2.22. The van der Waals surface area contributed by atoms with Crippen molar-refractivity contribution in [2.75, 3.05) is 0 Å². The molecule has 0 bridgehead atoms. The van der Waals surface area contributed by atoms with Crippen molar-refractivity contribution in [1.82, 2.24) is 0 Å². The molecule has 1 aliphatic rings. The first kappa shape index (κ1) is 10.2. The lowest BCUT2D eigenvalue weighted by atomic mass is 9.90. The van der Waals surface area contributed by atoms with E-state index < -0.39 is 13.4 Å². The van der Waals surface area contributed by atoms with E-state index in [1.165, 1.54) is 0 Å². The van der Waals surface area contributed by atoms with Gasteiger partial charge in [0.25, 0.3) is 0 Å². The Labute approximate surface area is 71.8 Å². The summed E-state index contributed by atoms with van der Waals surface area (Å²) in [5.41, 5.74) is 0. The molecule has 0 amide bonds. The monoisotopic (exact) mass is 194 g/mol. The van der Waals surface area contributed by atoms with E-state index >= 15 is 0 Å². The van der Waals surface area contributed by atoms with Gasteiger partial charge >= 0.3 is 7.60 Å². The van der Waals surface area contributed by atoms with Crippen LogP contribution in [0.1, 0.15) is 32.1 Å². The van der Waals surface area contributed by atoms with Crippen molar-refractivity contribution in [3.05, 3.63) is 0 Å². The van der Waals surface area contributed by atoms with Gasteiger partial charge < -0.3 is 14.9 Å². The molecule has 0 aromatic heterocycles. The van der Waals surface area contributed by atoms with Crippen LogP contribution in [0, 0.1) is 5.92 Å². The third-order valence-corrected chi connectivity index (χ3v) is 3.53. The third-order valence-electron chi connectivity index (χ3n) is 2.42. The van der Waals surface area contributed by atoms with E-state index in [9.17, 15) is 9.67 Å². The van der Waals surface area contributed by atoms with Crippen molar-refractivity contribution in [3.8, 4) is 0 Å². The Morgan fingerprint density at radius 2 is 1.67 bits per heavy atom. The molecule has 0 heterocycles. The number of rotatable bonds is 2. The van der Waals surface area contributed by atoms with Gasteiger partial charge in [0, 0.05) is 0 Å². The van der Waals surface area contributed by atoms with Gasteiger partial charge in [-0.05, 0) is 18.8 Å². The molecule has 0 aliphatic heterocycles. The average Bonchev–Trinajstić information content (AvgIpc) is 2.03. The van der Waals surface area contributed by atoms with Gasteiger partial charge in [-0.2, -0.15) is 0 Å². The minimum Gasteiger partial charge on any atom is -0.380 e. The Kier molecular flexibility index (Phi) is 3.29. The number of hydrogen-bond donors (Lipinski definition) is 3. The predicted molar refractivity (Wildman–Crippen MR) is 44.6 cm³/mol. The Hall–Kier alpha value is 0.110. The van der Waals surface area contributed by atoms with Crippen LogP contribution in [0.4, 0.5) is 0 Å². The fourth-order valence-electron chi connectivity index (χ4n) is 1.71. The van der Waals surface area contributed by atoms with E-state index in [0.717, 1.165) is 32.1 Å². The molecule has 72 valence electrons. The maximum absolute atomic E-state index is 10.7. The lowest BCUT2D eigenvalue weighted by Gasteiger charge is -2.26. The molecule has 0 saturated heterocycles. The van der Waals surface area contributed by atoms with E-state index in [-0.39, 0.29) is 5.92 Å². The first-order valence-corrected chi connectivity index (χ1v) is 5.93. The summed E-state index contributed by atoms with van der Waals surface area (Å²) in [6, 6.07) is 0. The smallest absolute Gasteiger partial charge is 0.354 e. The predicted octanol–water partition coefficient (Wildman–Crippen LogP) is 1.06. The zero-order chi connectivity index (χ0) is 9.19. The highest BCUT2D eigenvalue weighted by atomic mass is 31.2. The fourth-order valence-corrected chi connectivity index (χ4v) is 2.55. The van der Waals surface area contributed by atoms with Gasteiger partial charge in [-0.15, -0.1) is 0 Å². The van der Waals surface area contributed by atoms with E-state index in [0.29, 0.717) is 0 Å². The van der Waals surface area contributed by atoms with Crippen molar-refractivity contribution in [3.63, 3.8) is 0 Å². The lowest BCUT2D eigenvalue weighted by molar-refractivity contribution is 0.121. The van der Waals surface area contributed by atoms with Crippen LogP contribution in [-0.2, 0) is 4.57 Å². The summed E-state index contributed by atoms with van der Waals surface area (Å²) in [4.78, 5) is 17.4. The molecular weight excluding hydrogens is 179 g/mol. The summed E-state index contributed by atoms with van der Waals surface area (Å²) >= 11 is 0. The van der Waals surface area contributed by atoms with Crippen molar-refractivity contribution in [1.29, 1.82) is 0 Å². The van der Waals surface area contributed by atoms with Crippen molar-refractivity contribution < 1.29 is 19.5 Å². The molecule has 0 aromatic carbocycles. The van der Waals surface area contributed by atoms with Gasteiger partial charge in [-0.25, -0.2) is 0 Å². The van der Waals surface area contributed by atoms with Gasteiger partial charge in [0.05, 0.1) is 0 Å². The molecule has 1 fully saturated rings. The van der Waals surface area contributed by atoms with Crippen LogP contribution in [-0.4, -0.2) is 20.7 Å². The summed E-state index contributed by atoms with van der Waals surface area (Å²) in [6.45, 7) is 0. The summed E-state index contributed by atoms with van der Waals surface area (Å²) in [7, 11) is -4.27. The fraction of sp³-hybridized carbons (Fsp3) is 1.00. The molecule has 1 unspecified atom stereocenters. The number of aliphatic hydroxyl groups is 1. The Morgan fingerprint density at radius 1 is 1.17 bits per heavy atom. The first-order valence-electron chi connectivity index (χ1n) is 4.25. The van der Waals surface area contributed by atoms with Crippen molar-refractivity contribution in [2.45, 2.75) is 37.9 Å². The van der Waals surface area contributed by atoms with Crippen molar-refractivity contribution in [2.24, 2.45) is 5.92 Å². The Balaban J connectivity index is 2.51. The summed E-state index contributed by atoms with van der Waals surface area (Å²) in [5, 5.41) is 9.25. The molecule has 1 atom stereocenters. The second-order valence-electron chi connectivity index (χ2n) is 3.40. The highest BCUT2D eigenvalue weighted by molar-refractivity contribution is 7.52. The molecule has 5 heteroatoms. The van der Waals surface area contributed by atoms with E-state index in [1.54, 1.807) is 0 Å². The van der Waals surface area contributed by atoms with Crippen LogP contribution < -0.4 is 0 Å². The molecule has 12 heavy (non-hydrogen) atoms. The second-order valence-corrected chi connectivity index (χ2v) is 5.11. The van der Waals surface area contributed by atoms with Crippen LogP contribution in [0.2, 0.25) is 0 Å². The topological polar surface area (TPSA) is 77.8 Å². The average molecular weight is 194 g/mol. The molecule has 1 saturated carbocycles. The summed E-state index contributed by atoms with van der Waals surface area (Å²) in [5.74, 6) is -1.63. The van der Waals surface area contributed by atoms with Gasteiger partial charge in [-0.1, -0.05) is 19.3 Å². The van der Waals surface area contributed by atoms with E-state index in [2.05, 4.69) is 0 Å². The standard InChI is InChI=1S/C7H15O4P/c8-7(12(9,10)11)6-4-2-1-3-5-6/h6-8H,1-5H2,(H2,9,10,11). The minimum absolute atomic E-state index is 0.195. The van der Waals surface area contributed by atoms with Crippen molar-refractivity contribution >= 4 is 7.60 Å². The molecule has 0 radical (unpaired) electrons. The van der Waals surface area contributed by atoms with Crippen LogP contribution in [0.25, 0.3) is 0 Å². The SMILES string of the molecule is O=P(O)(O)C(O)C1CCCCC1. The largest absolute Gasteiger partial charge is 0.380 e. The summed E-state index contributed by atoms with van der Waals surface area (Å²) < 4.78 is 10.7. The molecular formula is C7H15O4P. The van der Waals surface area contributed by atoms with Crippen LogP contribution in [0.3, 0.4) is 0 Å². The second kappa shape index (κ2) is 3.88. The Morgan fingerprint density at radius 3 is 2.08 bits per heavy atom. The van der Waals surface area contributed by atoms with Gasteiger partial charge in [0.15, 0.2) is 5.85 Å². The van der Waals surface area contributed by atoms with Crippen LogP contribution in [0.15, 0.2) is 0 Å². The number of hydrogen-bond acceptors (Lipinski definition) is 2. The van der Waals surface area contributed by atoms with Gasteiger partial charge in [0.1, 0.15) is 0 Å².